The lowest BCUT2D eigenvalue weighted by atomic mass is 10.1. The molecule has 1 saturated heterocycles. The highest BCUT2D eigenvalue weighted by atomic mass is 32.1. The van der Waals surface area contributed by atoms with Gasteiger partial charge in [0, 0.05) is 10.9 Å². The number of nitrogens with one attached hydrogen (secondary N) is 2. The van der Waals surface area contributed by atoms with E-state index in [2.05, 4.69) is 23.6 Å². The normalized spacial score (nSPS) is 21.6. The van der Waals surface area contributed by atoms with Gasteiger partial charge in [0.15, 0.2) is 0 Å². The molecule has 1 aliphatic rings. The second-order valence-electron chi connectivity index (χ2n) is 4.19. The number of hydrogen-bond acceptors (Lipinski definition) is 4. The predicted octanol–water partition coefficient (Wildman–Crippen LogP) is 1.59. The SMILES string of the molecule is CCCC(NC1CC(=O)NC1=O)c1cccs1. The molecule has 0 bridgehead atoms. The maximum Gasteiger partial charge on any atom is 0.244 e. The smallest absolute Gasteiger partial charge is 0.244 e. The summed E-state index contributed by atoms with van der Waals surface area (Å²) in [5.74, 6) is -0.387. The van der Waals surface area contributed by atoms with Crippen molar-refractivity contribution >= 4 is 23.2 Å². The molecule has 2 amide bonds. The van der Waals surface area contributed by atoms with Crippen LogP contribution < -0.4 is 10.6 Å². The molecule has 0 radical (unpaired) electrons. The summed E-state index contributed by atoms with van der Waals surface area (Å²) in [4.78, 5) is 23.8. The van der Waals surface area contributed by atoms with Crippen LogP contribution in [0, 0.1) is 0 Å². The van der Waals surface area contributed by atoms with Gasteiger partial charge in [-0.1, -0.05) is 19.4 Å². The largest absolute Gasteiger partial charge is 0.298 e. The highest BCUT2D eigenvalue weighted by Crippen LogP contribution is 2.24. The molecule has 0 aromatic carbocycles. The monoisotopic (exact) mass is 252 g/mol. The molecule has 0 aliphatic carbocycles. The van der Waals surface area contributed by atoms with Crippen LogP contribution in [-0.2, 0) is 9.59 Å². The Morgan fingerprint density at radius 1 is 1.59 bits per heavy atom. The quantitative estimate of drug-likeness (QED) is 0.782. The van der Waals surface area contributed by atoms with Crippen LogP contribution in [0.4, 0.5) is 0 Å². The molecular formula is C12H16N2O2S. The summed E-state index contributed by atoms with van der Waals surface area (Å²) in [6.07, 6.45) is 2.26. The molecule has 0 saturated carbocycles. The molecule has 1 aliphatic heterocycles. The number of carbonyl (C=O) groups excluding carboxylic acids is 2. The fraction of sp³-hybridized carbons (Fsp3) is 0.500. The van der Waals surface area contributed by atoms with Crippen molar-refractivity contribution in [3.8, 4) is 0 Å². The molecule has 0 spiro atoms. The molecule has 2 heterocycles. The summed E-state index contributed by atoms with van der Waals surface area (Å²) in [7, 11) is 0. The molecule has 1 aromatic rings. The van der Waals surface area contributed by atoms with Gasteiger partial charge in [0.1, 0.15) is 0 Å². The van der Waals surface area contributed by atoms with Crippen molar-refractivity contribution in [2.24, 2.45) is 0 Å². The third-order valence-electron chi connectivity index (χ3n) is 2.83. The maximum atomic E-state index is 11.5. The minimum Gasteiger partial charge on any atom is -0.298 e. The van der Waals surface area contributed by atoms with E-state index in [0.717, 1.165) is 12.8 Å². The van der Waals surface area contributed by atoms with Crippen molar-refractivity contribution in [1.82, 2.24) is 10.6 Å². The zero-order valence-electron chi connectivity index (χ0n) is 9.73. The zero-order chi connectivity index (χ0) is 12.3. The molecule has 17 heavy (non-hydrogen) atoms. The van der Waals surface area contributed by atoms with Crippen molar-refractivity contribution in [2.75, 3.05) is 0 Å². The molecule has 92 valence electrons. The van der Waals surface area contributed by atoms with E-state index in [0.29, 0.717) is 0 Å². The molecule has 2 N–H and O–H groups in total. The van der Waals surface area contributed by atoms with Crippen molar-refractivity contribution in [1.29, 1.82) is 0 Å². The van der Waals surface area contributed by atoms with Crippen LogP contribution in [0.15, 0.2) is 17.5 Å². The molecule has 1 aromatic heterocycles. The molecule has 2 atom stereocenters. The third-order valence-corrected chi connectivity index (χ3v) is 3.82. The minimum atomic E-state index is -0.374. The Labute approximate surface area is 104 Å². The van der Waals surface area contributed by atoms with E-state index in [1.807, 2.05) is 11.4 Å². The van der Waals surface area contributed by atoms with Crippen LogP contribution in [-0.4, -0.2) is 17.9 Å². The molecule has 1 fully saturated rings. The minimum absolute atomic E-state index is 0.168. The Hall–Kier alpha value is -1.20. The van der Waals surface area contributed by atoms with Crippen LogP contribution in [0.2, 0.25) is 0 Å². The Bertz CT molecular complexity index is 403. The van der Waals surface area contributed by atoms with Crippen LogP contribution in [0.3, 0.4) is 0 Å². The first-order valence-corrected chi connectivity index (χ1v) is 6.71. The molecule has 2 unspecified atom stereocenters. The highest BCUT2D eigenvalue weighted by molar-refractivity contribution is 7.10. The van der Waals surface area contributed by atoms with Gasteiger partial charge in [0.2, 0.25) is 11.8 Å². The number of rotatable bonds is 5. The first kappa shape index (κ1) is 12.3. The zero-order valence-corrected chi connectivity index (χ0v) is 10.5. The van der Waals surface area contributed by atoms with Crippen molar-refractivity contribution in [3.63, 3.8) is 0 Å². The van der Waals surface area contributed by atoms with Gasteiger partial charge in [0.25, 0.3) is 0 Å². The first-order valence-electron chi connectivity index (χ1n) is 5.84. The van der Waals surface area contributed by atoms with Crippen molar-refractivity contribution in [3.05, 3.63) is 22.4 Å². The average Bonchev–Trinajstić information content (AvgIpc) is 2.88. The predicted molar refractivity (Wildman–Crippen MR) is 66.7 cm³/mol. The number of carbonyl (C=O) groups is 2. The van der Waals surface area contributed by atoms with Crippen LogP contribution >= 0.6 is 11.3 Å². The summed E-state index contributed by atoms with van der Waals surface area (Å²) >= 11 is 1.68. The fourth-order valence-corrected chi connectivity index (χ4v) is 2.84. The third kappa shape index (κ3) is 2.92. The summed E-state index contributed by atoms with van der Waals surface area (Å²) in [5.41, 5.74) is 0. The standard InChI is InChI=1S/C12H16N2O2S/c1-2-4-8(10-5-3-6-17-10)13-9-7-11(15)14-12(9)16/h3,5-6,8-9,13H,2,4,7H2,1H3,(H,14,15,16). The van der Waals surface area contributed by atoms with Gasteiger partial charge in [-0.15, -0.1) is 11.3 Å². The van der Waals surface area contributed by atoms with E-state index in [-0.39, 0.29) is 30.3 Å². The van der Waals surface area contributed by atoms with Gasteiger partial charge in [-0.25, -0.2) is 0 Å². The lowest BCUT2D eigenvalue weighted by Crippen LogP contribution is -2.38. The van der Waals surface area contributed by atoms with Crippen molar-refractivity contribution < 1.29 is 9.59 Å². The second-order valence-corrected chi connectivity index (χ2v) is 5.17. The molecule has 2 rings (SSSR count). The Morgan fingerprint density at radius 2 is 2.41 bits per heavy atom. The van der Waals surface area contributed by atoms with Gasteiger partial charge < -0.3 is 0 Å². The van der Waals surface area contributed by atoms with E-state index >= 15 is 0 Å². The summed E-state index contributed by atoms with van der Waals surface area (Å²) in [6, 6.07) is 3.86. The highest BCUT2D eigenvalue weighted by Gasteiger charge is 2.32. The Balaban J connectivity index is 2.03. The molecule has 5 heteroatoms. The molecule has 4 nitrogen and oxygen atoms in total. The first-order chi connectivity index (χ1) is 8.20. The lowest BCUT2D eigenvalue weighted by molar-refractivity contribution is -0.125. The van der Waals surface area contributed by atoms with Gasteiger partial charge in [-0.05, 0) is 17.9 Å². The van der Waals surface area contributed by atoms with Gasteiger partial charge in [0.05, 0.1) is 12.5 Å². The van der Waals surface area contributed by atoms with Crippen LogP contribution in [0.5, 0.6) is 0 Å². The summed E-state index contributed by atoms with van der Waals surface area (Å²) in [5, 5.41) is 7.63. The van der Waals surface area contributed by atoms with Gasteiger partial charge in [-0.2, -0.15) is 0 Å². The number of thiophene rings is 1. The second kappa shape index (κ2) is 5.42. The Morgan fingerprint density at radius 3 is 2.94 bits per heavy atom. The maximum absolute atomic E-state index is 11.5. The Kier molecular flexibility index (Phi) is 3.91. The van der Waals surface area contributed by atoms with Crippen LogP contribution in [0.25, 0.3) is 0 Å². The van der Waals surface area contributed by atoms with Gasteiger partial charge >= 0.3 is 0 Å². The number of imide groups is 1. The number of hydrogen-bond donors (Lipinski definition) is 2. The number of amides is 2. The van der Waals surface area contributed by atoms with E-state index in [1.54, 1.807) is 11.3 Å². The lowest BCUT2D eigenvalue weighted by Gasteiger charge is -2.19. The fourth-order valence-electron chi connectivity index (χ4n) is 2.02. The van der Waals surface area contributed by atoms with Gasteiger partial charge in [-0.3, -0.25) is 20.2 Å². The van der Waals surface area contributed by atoms with E-state index in [9.17, 15) is 9.59 Å². The summed E-state index contributed by atoms with van der Waals surface area (Å²) < 4.78 is 0. The summed E-state index contributed by atoms with van der Waals surface area (Å²) in [6.45, 7) is 2.11. The van der Waals surface area contributed by atoms with E-state index in [1.165, 1.54) is 4.88 Å². The average molecular weight is 252 g/mol. The molecular weight excluding hydrogens is 236 g/mol. The van der Waals surface area contributed by atoms with E-state index in [4.69, 9.17) is 0 Å². The topological polar surface area (TPSA) is 58.2 Å². The van der Waals surface area contributed by atoms with Crippen molar-refractivity contribution in [2.45, 2.75) is 38.3 Å². The van der Waals surface area contributed by atoms with E-state index < -0.39 is 0 Å². The van der Waals surface area contributed by atoms with Crippen LogP contribution in [0.1, 0.15) is 37.1 Å².